The van der Waals surface area contributed by atoms with E-state index in [0.29, 0.717) is 11.6 Å². The predicted octanol–water partition coefficient (Wildman–Crippen LogP) is 1.84. The third kappa shape index (κ3) is 3.80. The molecule has 0 aliphatic carbocycles. The summed E-state index contributed by atoms with van der Waals surface area (Å²) in [6.45, 7) is 2.84. The van der Waals surface area contributed by atoms with Gasteiger partial charge in [0.05, 0.1) is 18.1 Å². The van der Waals surface area contributed by atoms with Crippen molar-refractivity contribution in [3.63, 3.8) is 0 Å². The van der Waals surface area contributed by atoms with Crippen molar-refractivity contribution in [3.05, 3.63) is 48.4 Å². The fraction of sp³-hybridized carbons (Fsp3) is 0.300. The molecular weight excluding hydrogens is 418 g/mol. The Balaban J connectivity index is 1.47. The number of nitrogen functional groups attached to an aromatic ring is 1. The van der Waals surface area contributed by atoms with Crippen LogP contribution in [0.5, 0.6) is 0 Å². The molecule has 1 atom stereocenters. The Bertz CT molecular complexity index is 1240. The Hall–Kier alpha value is -3.80. The summed E-state index contributed by atoms with van der Waals surface area (Å²) in [7, 11) is 0. The van der Waals surface area contributed by atoms with E-state index in [9.17, 15) is 8.78 Å². The van der Waals surface area contributed by atoms with Gasteiger partial charge in [0.1, 0.15) is 5.69 Å². The molecule has 3 aromatic heterocycles. The minimum absolute atomic E-state index is 0.0435. The molecule has 0 spiro atoms. The quantitative estimate of drug-likeness (QED) is 0.484. The molecule has 0 saturated carbocycles. The number of aromatic nitrogens is 8. The Morgan fingerprint density at radius 3 is 2.97 bits per heavy atom. The largest absolute Gasteiger partial charge is 0.382 e. The number of hydrogen-bond acceptors (Lipinski definition) is 8. The fourth-order valence-corrected chi connectivity index (χ4v) is 3.80. The second kappa shape index (κ2) is 8.38. The Morgan fingerprint density at radius 2 is 2.12 bits per heavy atom. The third-order valence-electron chi connectivity index (χ3n) is 5.41. The monoisotopic (exact) mass is 438 g/mol. The topological polar surface area (TPSA) is 125 Å². The normalized spacial score (nSPS) is 16.4. The van der Waals surface area contributed by atoms with E-state index in [0.717, 1.165) is 48.8 Å². The molecule has 164 valence electrons. The minimum atomic E-state index is -1.08. The molecule has 1 unspecified atom stereocenters. The molecule has 5 rings (SSSR count). The highest BCUT2D eigenvalue weighted by molar-refractivity contribution is 5.69. The number of anilines is 1. The first kappa shape index (κ1) is 20.1. The predicted molar refractivity (Wildman–Crippen MR) is 111 cm³/mol. The van der Waals surface area contributed by atoms with Gasteiger partial charge in [0.2, 0.25) is 5.82 Å². The molecule has 3 N–H and O–H groups in total. The van der Waals surface area contributed by atoms with Crippen molar-refractivity contribution in [2.45, 2.75) is 19.4 Å². The van der Waals surface area contributed by atoms with Crippen molar-refractivity contribution in [3.8, 4) is 28.5 Å². The van der Waals surface area contributed by atoms with Crippen LogP contribution < -0.4 is 11.1 Å². The number of tetrazole rings is 1. The molecule has 12 heteroatoms. The number of rotatable bonds is 5. The molecule has 1 aliphatic heterocycles. The third-order valence-corrected chi connectivity index (χ3v) is 5.41. The summed E-state index contributed by atoms with van der Waals surface area (Å²) in [6.07, 6.45) is 7.45. The molecule has 10 nitrogen and oxygen atoms in total. The number of hydrogen-bond donors (Lipinski definition) is 2. The number of piperidine rings is 1. The molecule has 4 aromatic rings. The van der Waals surface area contributed by atoms with E-state index >= 15 is 0 Å². The highest BCUT2D eigenvalue weighted by Crippen LogP contribution is 2.27. The van der Waals surface area contributed by atoms with Crippen molar-refractivity contribution in [2.24, 2.45) is 5.92 Å². The van der Waals surface area contributed by atoms with Crippen LogP contribution in [0.2, 0.25) is 0 Å². The summed E-state index contributed by atoms with van der Waals surface area (Å²) >= 11 is 0. The maximum Gasteiger partial charge on any atom is 0.209 e. The number of nitrogens with two attached hydrogens (primary N) is 1. The second-order valence-electron chi connectivity index (χ2n) is 7.64. The van der Waals surface area contributed by atoms with E-state index in [1.807, 2.05) is 10.9 Å². The van der Waals surface area contributed by atoms with E-state index < -0.39 is 11.6 Å². The van der Waals surface area contributed by atoms with Crippen LogP contribution in [0.15, 0.2) is 36.8 Å². The first-order valence-corrected chi connectivity index (χ1v) is 10.2. The Kier molecular flexibility index (Phi) is 5.27. The lowest BCUT2D eigenvalue weighted by Gasteiger charge is -2.22. The average molecular weight is 438 g/mol. The standard InChI is InChI=1S/C20H20F2N10/c21-14-4-1-5-16(17(14)22)32-20(28-29-30-32)18-19(23)25-9-15(27-18)13-8-26-31(11-13)10-12-3-2-6-24-7-12/h1,4-5,8-9,11-12,24H,2-3,6-7,10H2,(H2,23,25). The lowest BCUT2D eigenvalue weighted by molar-refractivity contribution is 0.325. The first-order chi connectivity index (χ1) is 15.6. The Labute approximate surface area is 181 Å². The van der Waals surface area contributed by atoms with Crippen LogP contribution in [0.4, 0.5) is 14.6 Å². The van der Waals surface area contributed by atoms with Crippen LogP contribution >= 0.6 is 0 Å². The summed E-state index contributed by atoms with van der Waals surface area (Å²) in [4.78, 5) is 8.75. The zero-order valence-corrected chi connectivity index (χ0v) is 17.0. The maximum atomic E-state index is 14.3. The van der Waals surface area contributed by atoms with E-state index in [1.165, 1.54) is 18.3 Å². The number of nitrogens with one attached hydrogen (secondary N) is 1. The van der Waals surface area contributed by atoms with E-state index in [4.69, 9.17) is 5.73 Å². The van der Waals surface area contributed by atoms with Crippen LogP contribution in [0.3, 0.4) is 0 Å². The molecule has 1 fully saturated rings. The SMILES string of the molecule is Nc1ncc(-c2cnn(CC3CCCNC3)c2)nc1-c1nnnn1-c1cccc(F)c1F. The summed E-state index contributed by atoms with van der Waals surface area (Å²) in [5, 5.41) is 19.1. The zero-order valence-electron chi connectivity index (χ0n) is 17.0. The second-order valence-corrected chi connectivity index (χ2v) is 7.64. The minimum Gasteiger partial charge on any atom is -0.382 e. The molecule has 0 amide bonds. The van der Waals surface area contributed by atoms with Gasteiger partial charge in [0.25, 0.3) is 0 Å². The molecule has 1 aliphatic rings. The number of nitrogens with zero attached hydrogens (tertiary/aromatic N) is 8. The van der Waals surface area contributed by atoms with Crippen LogP contribution in [0.25, 0.3) is 28.5 Å². The van der Waals surface area contributed by atoms with Gasteiger partial charge >= 0.3 is 0 Å². The molecule has 0 bridgehead atoms. The van der Waals surface area contributed by atoms with Crippen molar-refractivity contribution in [2.75, 3.05) is 18.8 Å². The molecule has 1 aromatic carbocycles. The fourth-order valence-electron chi connectivity index (χ4n) is 3.80. The van der Waals surface area contributed by atoms with Gasteiger partial charge in [-0.25, -0.2) is 18.7 Å². The molecule has 32 heavy (non-hydrogen) atoms. The number of halogens is 2. The summed E-state index contributed by atoms with van der Waals surface area (Å²) in [5.74, 6) is -1.47. The van der Waals surface area contributed by atoms with Gasteiger partial charge in [0, 0.05) is 18.3 Å². The Morgan fingerprint density at radius 1 is 1.22 bits per heavy atom. The lowest BCUT2D eigenvalue weighted by Crippen LogP contribution is -2.32. The summed E-state index contributed by atoms with van der Waals surface area (Å²) in [6, 6.07) is 3.73. The van der Waals surface area contributed by atoms with Gasteiger partial charge in [0.15, 0.2) is 23.1 Å². The highest BCUT2D eigenvalue weighted by atomic mass is 19.2. The van der Waals surface area contributed by atoms with Crippen molar-refractivity contribution in [1.29, 1.82) is 0 Å². The summed E-state index contributed by atoms with van der Waals surface area (Å²) in [5.41, 5.74) is 7.28. The highest BCUT2D eigenvalue weighted by Gasteiger charge is 2.21. The van der Waals surface area contributed by atoms with Gasteiger partial charge < -0.3 is 11.1 Å². The van der Waals surface area contributed by atoms with Gasteiger partial charge in [-0.3, -0.25) is 4.68 Å². The molecule has 0 radical (unpaired) electrons. The van der Waals surface area contributed by atoms with Gasteiger partial charge in [-0.2, -0.15) is 9.78 Å². The first-order valence-electron chi connectivity index (χ1n) is 10.2. The van der Waals surface area contributed by atoms with Crippen molar-refractivity contribution >= 4 is 5.82 Å². The van der Waals surface area contributed by atoms with Crippen molar-refractivity contribution < 1.29 is 8.78 Å². The zero-order chi connectivity index (χ0) is 22.1. The van der Waals surface area contributed by atoms with Crippen LogP contribution in [-0.2, 0) is 6.54 Å². The lowest BCUT2D eigenvalue weighted by atomic mass is 10.00. The van der Waals surface area contributed by atoms with Crippen LogP contribution in [0.1, 0.15) is 12.8 Å². The van der Waals surface area contributed by atoms with Crippen LogP contribution in [0, 0.1) is 17.6 Å². The summed E-state index contributed by atoms with van der Waals surface area (Å²) < 4.78 is 31.0. The van der Waals surface area contributed by atoms with Crippen molar-refractivity contribution in [1.82, 2.24) is 45.3 Å². The molecule has 4 heterocycles. The van der Waals surface area contributed by atoms with Gasteiger partial charge in [-0.15, -0.1) is 5.10 Å². The van der Waals surface area contributed by atoms with E-state index in [2.05, 4.69) is 35.9 Å². The number of benzene rings is 1. The van der Waals surface area contributed by atoms with Gasteiger partial charge in [-0.05, 0) is 54.4 Å². The van der Waals surface area contributed by atoms with Crippen LogP contribution in [-0.4, -0.2) is 53.0 Å². The van der Waals surface area contributed by atoms with Gasteiger partial charge in [-0.1, -0.05) is 6.07 Å². The average Bonchev–Trinajstić information content (AvgIpc) is 3.47. The van der Waals surface area contributed by atoms with E-state index in [1.54, 1.807) is 6.20 Å². The molecular formula is C20H20F2N10. The maximum absolute atomic E-state index is 14.3. The smallest absolute Gasteiger partial charge is 0.209 e. The molecule has 1 saturated heterocycles. The van der Waals surface area contributed by atoms with E-state index in [-0.39, 0.29) is 23.0 Å².